The molecule has 0 unspecified atom stereocenters. The summed E-state index contributed by atoms with van der Waals surface area (Å²) in [5, 5.41) is 23.3. The van der Waals surface area contributed by atoms with Crippen LogP contribution in [-0.2, 0) is 9.59 Å². The Kier molecular flexibility index (Phi) is 9.91. The second-order valence-electron chi connectivity index (χ2n) is 7.78. The van der Waals surface area contributed by atoms with Crippen molar-refractivity contribution in [2.45, 2.75) is 6.92 Å². The van der Waals surface area contributed by atoms with Crippen LogP contribution in [0.3, 0.4) is 0 Å². The molecule has 0 aliphatic carbocycles. The van der Waals surface area contributed by atoms with E-state index in [1.54, 1.807) is 30.3 Å². The van der Waals surface area contributed by atoms with E-state index in [0.717, 1.165) is 5.56 Å². The number of nitro benzene ring substituents is 1. The number of anilines is 2. The Labute approximate surface area is 218 Å². The first kappa shape index (κ1) is 27.1. The molecule has 3 rings (SSSR count). The number of nitro groups is 1. The van der Waals surface area contributed by atoms with Crippen LogP contribution in [0.25, 0.3) is 17.5 Å². The fraction of sp³-hybridized carbons (Fsp3) is 0.200. The minimum absolute atomic E-state index is 0.0430. The van der Waals surface area contributed by atoms with Crippen LogP contribution in [0.4, 0.5) is 17.3 Å². The summed E-state index contributed by atoms with van der Waals surface area (Å²) in [4.78, 5) is 42.7. The topological polar surface area (TPSA) is 151 Å². The summed E-state index contributed by atoms with van der Waals surface area (Å²) < 4.78 is 0. The number of halogens is 1. The fourth-order valence-corrected chi connectivity index (χ4v) is 3.26. The Hall–Kier alpha value is -4.51. The van der Waals surface area contributed by atoms with Gasteiger partial charge in [0, 0.05) is 68.0 Å². The molecular formula is C25H26ClN7O4. The Morgan fingerprint density at radius 2 is 1.59 bits per heavy atom. The molecule has 4 N–H and O–H groups in total. The van der Waals surface area contributed by atoms with Gasteiger partial charge in [-0.1, -0.05) is 23.7 Å². The van der Waals surface area contributed by atoms with Gasteiger partial charge in [0.05, 0.1) is 4.92 Å². The molecule has 3 aromatic rings. The molecule has 1 aromatic heterocycles. The minimum Gasteiger partial charge on any atom is -0.368 e. The van der Waals surface area contributed by atoms with Gasteiger partial charge in [0.25, 0.3) is 5.69 Å². The van der Waals surface area contributed by atoms with E-state index in [1.165, 1.54) is 31.2 Å². The maximum absolute atomic E-state index is 12.1. The Bertz CT molecular complexity index is 1280. The van der Waals surface area contributed by atoms with Gasteiger partial charge in [-0.25, -0.2) is 9.97 Å². The fourth-order valence-electron chi connectivity index (χ4n) is 3.13. The highest BCUT2D eigenvalue weighted by Crippen LogP contribution is 2.22. The molecule has 37 heavy (non-hydrogen) atoms. The first-order chi connectivity index (χ1) is 17.8. The lowest BCUT2D eigenvalue weighted by atomic mass is 10.2. The zero-order valence-corrected chi connectivity index (χ0v) is 20.8. The van der Waals surface area contributed by atoms with Gasteiger partial charge >= 0.3 is 0 Å². The largest absolute Gasteiger partial charge is 0.368 e. The van der Waals surface area contributed by atoms with E-state index in [4.69, 9.17) is 11.6 Å². The molecule has 0 saturated heterocycles. The third-order valence-corrected chi connectivity index (χ3v) is 5.12. The number of nitrogens with zero attached hydrogens (tertiary/aromatic N) is 3. The number of carbonyl (C=O) groups excluding carboxylic acids is 2. The first-order valence-electron chi connectivity index (χ1n) is 11.4. The first-order valence-corrected chi connectivity index (χ1v) is 11.8. The van der Waals surface area contributed by atoms with E-state index in [-0.39, 0.29) is 17.5 Å². The van der Waals surface area contributed by atoms with E-state index >= 15 is 0 Å². The van der Waals surface area contributed by atoms with Gasteiger partial charge in [-0.2, -0.15) is 0 Å². The second-order valence-corrected chi connectivity index (χ2v) is 8.22. The Balaban J connectivity index is 1.58. The molecule has 0 bridgehead atoms. The molecule has 2 aromatic carbocycles. The number of hydrogen-bond acceptors (Lipinski definition) is 8. The van der Waals surface area contributed by atoms with Gasteiger partial charge in [0.2, 0.25) is 11.8 Å². The highest BCUT2D eigenvalue weighted by Gasteiger charge is 2.08. The lowest BCUT2D eigenvalue weighted by Gasteiger charge is -2.12. The van der Waals surface area contributed by atoms with Crippen molar-refractivity contribution in [1.82, 2.24) is 20.6 Å². The zero-order chi connectivity index (χ0) is 26.6. The van der Waals surface area contributed by atoms with Crippen LogP contribution in [-0.4, -0.2) is 52.9 Å². The van der Waals surface area contributed by atoms with Gasteiger partial charge in [-0.15, -0.1) is 0 Å². The minimum atomic E-state index is -0.488. The standard InChI is InChI=1S/C25H26ClN7O4/c1-17(34)27-11-12-28-22-16-23(32-25(31-22)19-6-8-20(26)9-7-19)29-13-14-30-24(35)10-5-18-3-2-4-21(15-18)33(36)37/h2-10,15-16H,11-14H2,1H3,(H,27,34)(H,30,35)(H2,28,29,31,32)/b10-5+. The molecule has 0 saturated carbocycles. The Morgan fingerprint density at radius 3 is 2.22 bits per heavy atom. The molecule has 12 heteroatoms. The number of hydrogen-bond donors (Lipinski definition) is 4. The monoisotopic (exact) mass is 523 g/mol. The SMILES string of the molecule is CC(=O)NCCNc1cc(NCCNC(=O)/C=C/c2cccc([N+](=O)[O-])c2)nc(-c2ccc(Cl)cc2)n1. The van der Waals surface area contributed by atoms with Crippen LogP contribution in [0.5, 0.6) is 0 Å². The van der Waals surface area contributed by atoms with Crippen LogP contribution < -0.4 is 21.3 Å². The van der Waals surface area contributed by atoms with E-state index in [1.807, 2.05) is 12.1 Å². The van der Waals surface area contributed by atoms with Crippen molar-refractivity contribution in [1.29, 1.82) is 0 Å². The van der Waals surface area contributed by atoms with Gasteiger partial charge in [-0.05, 0) is 35.9 Å². The summed E-state index contributed by atoms with van der Waals surface area (Å²) in [7, 11) is 0. The molecule has 0 spiro atoms. The number of carbonyl (C=O) groups is 2. The number of nitrogens with one attached hydrogen (secondary N) is 4. The predicted octanol–water partition coefficient (Wildman–Crippen LogP) is 3.49. The molecule has 1 heterocycles. The van der Waals surface area contributed by atoms with Gasteiger partial charge in [-0.3, -0.25) is 19.7 Å². The van der Waals surface area contributed by atoms with Crippen molar-refractivity contribution in [3.05, 3.63) is 81.4 Å². The molecule has 0 radical (unpaired) electrons. The van der Waals surface area contributed by atoms with Gasteiger partial charge < -0.3 is 21.3 Å². The lowest BCUT2D eigenvalue weighted by molar-refractivity contribution is -0.384. The third kappa shape index (κ3) is 9.22. The number of aromatic nitrogens is 2. The number of amides is 2. The number of non-ortho nitro benzene ring substituents is 1. The molecule has 0 aliphatic rings. The summed E-state index contributed by atoms with van der Waals surface area (Å²) in [6.07, 6.45) is 2.83. The van der Waals surface area contributed by atoms with Gasteiger partial charge in [0.1, 0.15) is 11.6 Å². The van der Waals surface area contributed by atoms with E-state index in [2.05, 4.69) is 31.2 Å². The molecule has 0 aliphatic heterocycles. The quantitative estimate of drug-likeness (QED) is 0.122. The second kappa shape index (κ2) is 13.5. The summed E-state index contributed by atoms with van der Waals surface area (Å²) >= 11 is 5.99. The van der Waals surface area contributed by atoms with Crippen LogP contribution in [0.1, 0.15) is 12.5 Å². The molecule has 192 valence electrons. The summed E-state index contributed by atoms with van der Waals surface area (Å²) in [6.45, 7) is 3.06. The summed E-state index contributed by atoms with van der Waals surface area (Å²) in [5.74, 6) is 1.14. The molecular weight excluding hydrogens is 498 g/mol. The predicted molar refractivity (Wildman–Crippen MR) is 143 cm³/mol. The zero-order valence-electron chi connectivity index (χ0n) is 20.0. The maximum Gasteiger partial charge on any atom is 0.270 e. The summed E-state index contributed by atoms with van der Waals surface area (Å²) in [5.41, 5.74) is 1.29. The van der Waals surface area contributed by atoms with Crippen LogP contribution >= 0.6 is 11.6 Å². The highest BCUT2D eigenvalue weighted by atomic mass is 35.5. The van der Waals surface area contributed by atoms with E-state index in [0.29, 0.717) is 54.2 Å². The van der Waals surface area contributed by atoms with Crippen molar-refractivity contribution >= 4 is 46.8 Å². The lowest BCUT2D eigenvalue weighted by Crippen LogP contribution is -2.27. The Morgan fingerprint density at radius 1 is 0.946 bits per heavy atom. The molecule has 11 nitrogen and oxygen atoms in total. The molecule has 0 fully saturated rings. The van der Waals surface area contributed by atoms with Crippen LogP contribution in [0, 0.1) is 10.1 Å². The van der Waals surface area contributed by atoms with Crippen LogP contribution in [0.15, 0.2) is 60.7 Å². The van der Waals surface area contributed by atoms with Crippen molar-refractivity contribution in [3.8, 4) is 11.4 Å². The van der Waals surface area contributed by atoms with Gasteiger partial charge in [0.15, 0.2) is 5.82 Å². The van der Waals surface area contributed by atoms with Crippen molar-refractivity contribution in [3.63, 3.8) is 0 Å². The maximum atomic E-state index is 12.1. The average Bonchev–Trinajstić information content (AvgIpc) is 2.88. The van der Waals surface area contributed by atoms with Crippen molar-refractivity contribution in [2.75, 3.05) is 36.8 Å². The summed E-state index contributed by atoms with van der Waals surface area (Å²) in [6, 6.07) is 14.9. The smallest absolute Gasteiger partial charge is 0.270 e. The third-order valence-electron chi connectivity index (χ3n) is 4.87. The van der Waals surface area contributed by atoms with Crippen molar-refractivity contribution < 1.29 is 14.5 Å². The number of benzene rings is 2. The van der Waals surface area contributed by atoms with E-state index < -0.39 is 4.92 Å². The normalized spacial score (nSPS) is 10.6. The molecule has 0 atom stereocenters. The van der Waals surface area contributed by atoms with Crippen molar-refractivity contribution in [2.24, 2.45) is 0 Å². The highest BCUT2D eigenvalue weighted by molar-refractivity contribution is 6.30. The molecule has 2 amide bonds. The van der Waals surface area contributed by atoms with Crippen LogP contribution in [0.2, 0.25) is 5.02 Å². The number of rotatable bonds is 12. The average molecular weight is 524 g/mol. The van der Waals surface area contributed by atoms with E-state index in [9.17, 15) is 19.7 Å².